The zero-order valence-electron chi connectivity index (χ0n) is 14.9. The molecule has 1 heterocycles. The maximum absolute atomic E-state index is 12.5. The number of nitrogens with zero attached hydrogens (tertiary/aromatic N) is 2. The van der Waals surface area contributed by atoms with Crippen LogP contribution < -0.4 is 5.32 Å². The number of hydrogen-bond donors (Lipinski definition) is 1. The lowest BCUT2D eigenvalue weighted by molar-refractivity contribution is 0.0755. The highest BCUT2D eigenvalue weighted by molar-refractivity contribution is 5.94. The summed E-state index contributed by atoms with van der Waals surface area (Å²) in [4.78, 5) is 12.5. The number of anilines is 1. The zero-order chi connectivity index (χ0) is 16.9. The maximum atomic E-state index is 12.5. The van der Waals surface area contributed by atoms with Crippen LogP contribution in [-0.4, -0.2) is 21.7 Å². The van der Waals surface area contributed by atoms with Gasteiger partial charge in [-0.1, -0.05) is 33.6 Å². The van der Waals surface area contributed by atoms with Gasteiger partial charge < -0.3 is 5.32 Å². The molecular weight excluding hydrogens is 298 g/mol. The molecule has 2 aliphatic carbocycles. The lowest BCUT2D eigenvalue weighted by atomic mass is 9.85. The van der Waals surface area contributed by atoms with Crippen molar-refractivity contribution in [3.8, 4) is 0 Å². The van der Waals surface area contributed by atoms with Crippen molar-refractivity contribution in [2.75, 3.05) is 5.32 Å². The Labute approximate surface area is 143 Å². The molecule has 0 amide bonds. The van der Waals surface area contributed by atoms with Crippen LogP contribution in [0.25, 0.3) is 10.9 Å². The van der Waals surface area contributed by atoms with E-state index in [1.807, 2.05) is 26.8 Å². The van der Waals surface area contributed by atoms with E-state index in [0.717, 1.165) is 28.4 Å². The quantitative estimate of drug-likeness (QED) is 0.869. The van der Waals surface area contributed by atoms with Gasteiger partial charge in [0, 0.05) is 22.5 Å². The van der Waals surface area contributed by atoms with Crippen LogP contribution in [0.5, 0.6) is 0 Å². The van der Waals surface area contributed by atoms with Crippen LogP contribution in [0.3, 0.4) is 0 Å². The van der Waals surface area contributed by atoms with Gasteiger partial charge >= 0.3 is 0 Å². The molecule has 0 aliphatic heterocycles. The SMILES string of the molecule is CC(C)(C)C(=O)n1ncc2cc(NC3CC4CCC(C4)C3)ccc21. The second-order valence-corrected chi connectivity index (χ2v) is 8.74. The van der Waals surface area contributed by atoms with Gasteiger partial charge in [0.2, 0.25) is 0 Å². The number of carbonyl (C=O) groups excluding carboxylic acids is 1. The third-order valence-corrected chi connectivity index (χ3v) is 5.66. The van der Waals surface area contributed by atoms with E-state index in [-0.39, 0.29) is 5.91 Å². The van der Waals surface area contributed by atoms with Crippen molar-refractivity contribution >= 4 is 22.5 Å². The minimum absolute atomic E-state index is 0.0297. The van der Waals surface area contributed by atoms with Gasteiger partial charge in [0.15, 0.2) is 0 Å². The first kappa shape index (κ1) is 15.7. The minimum Gasteiger partial charge on any atom is -0.382 e. The molecule has 0 saturated heterocycles. The van der Waals surface area contributed by atoms with Gasteiger partial charge in [-0.3, -0.25) is 4.79 Å². The summed E-state index contributed by atoms with van der Waals surface area (Å²) in [5.41, 5.74) is 1.61. The molecule has 2 aromatic rings. The standard InChI is InChI=1S/C20H27N3O/c1-20(2,3)19(24)23-18-7-6-16(11-15(18)12-21-23)22-17-9-13-4-5-14(8-13)10-17/h6-7,11-14,17,22H,4-5,8-10H2,1-3H3. The number of nitrogens with one attached hydrogen (secondary N) is 1. The van der Waals surface area contributed by atoms with E-state index in [4.69, 9.17) is 0 Å². The molecule has 1 aromatic carbocycles. The summed E-state index contributed by atoms with van der Waals surface area (Å²) in [5, 5.41) is 9.07. The third-order valence-electron chi connectivity index (χ3n) is 5.66. The van der Waals surface area contributed by atoms with Crippen molar-refractivity contribution in [3.05, 3.63) is 24.4 Å². The molecular formula is C20H27N3O. The maximum Gasteiger partial charge on any atom is 0.252 e. The summed E-state index contributed by atoms with van der Waals surface area (Å²) in [6, 6.07) is 6.84. The normalized spacial score (nSPS) is 26.7. The van der Waals surface area contributed by atoms with Crippen LogP contribution >= 0.6 is 0 Å². The first-order chi connectivity index (χ1) is 11.4. The third kappa shape index (κ3) is 2.83. The van der Waals surface area contributed by atoms with Crippen molar-refractivity contribution < 1.29 is 4.79 Å². The van der Waals surface area contributed by atoms with Gasteiger partial charge in [0.25, 0.3) is 5.91 Å². The summed E-state index contributed by atoms with van der Waals surface area (Å²) in [5.74, 6) is 1.89. The molecule has 4 nitrogen and oxygen atoms in total. The van der Waals surface area contributed by atoms with Crippen LogP contribution in [0.1, 0.15) is 57.7 Å². The van der Waals surface area contributed by atoms with Crippen molar-refractivity contribution in [2.24, 2.45) is 17.3 Å². The molecule has 2 saturated carbocycles. The Morgan fingerprint density at radius 3 is 2.54 bits per heavy atom. The van der Waals surface area contributed by atoms with Gasteiger partial charge in [-0.25, -0.2) is 0 Å². The van der Waals surface area contributed by atoms with Gasteiger partial charge in [-0.2, -0.15) is 9.78 Å². The molecule has 0 radical (unpaired) electrons. The average molecular weight is 325 g/mol. The number of rotatable bonds is 2. The number of aromatic nitrogens is 2. The van der Waals surface area contributed by atoms with Crippen LogP contribution in [0.15, 0.2) is 24.4 Å². The van der Waals surface area contributed by atoms with Crippen molar-refractivity contribution in [1.82, 2.24) is 9.78 Å². The fourth-order valence-electron chi connectivity index (χ4n) is 4.46. The van der Waals surface area contributed by atoms with Gasteiger partial charge in [-0.05, 0) is 49.3 Å². The molecule has 0 spiro atoms. The highest BCUT2D eigenvalue weighted by Crippen LogP contribution is 2.42. The lowest BCUT2D eigenvalue weighted by Crippen LogP contribution is -2.28. The second kappa shape index (κ2) is 5.61. The predicted molar refractivity (Wildman–Crippen MR) is 97.3 cm³/mol. The largest absolute Gasteiger partial charge is 0.382 e. The molecule has 24 heavy (non-hydrogen) atoms. The first-order valence-electron chi connectivity index (χ1n) is 9.19. The zero-order valence-corrected chi connectivity index (χ0v) is 14.9. The van der Waals surface area contributed by atoms with E-state index in [2.05, 4.69) is 22.5 Å². The van der Waals surface area contributed by atoms with Crippen molar-refractivity contribution in [1.29, 1.82) is 0 Å². The predicted octanol–water partition coefficient (Wildman–Crippen LogP) is 4.71. The molecule has 4 rings (SSSR count). The Bertz CT molecular complexity index is 759. The van der Waals surface area contributed by atoms with Crippen molar-refractivity contribution in [3.63, 3.8) is 0 Å². The number of fused-ring (bicyclic) bond motifs is 3. The second-order valence-electron chi connectivity index (χ2n) is 8.74. The fraction of sp³-hybridized carbons (Fsp3) is 0.600. The van der Waals surface area contributed by atoms with Gasteiger partial charge in [0.1, 0.15) is 0 Å². The molecule has 4 heteroatoms. The van der Waals surface area contributed by atoms with E-state index in [1.54, 1.807) is 10.9 Å². The molecule has 2 unspecified atom stereocenters. The molecule has 1 N–H and O–H groups in total. The highest BCUT2D eigenvalue weighted by atomic mass is 16.2. The molecule has 2 atom stereocenters. The van der Waals surface area contributed by atoms with Gasteiger partial charge in [0.05, 0.1) is 11.7 Å². The minimum atomic E-state index is -0.433. The molecule has 2 bridgehead atoms. The van der Waals surface area contributed by atoms with Crippen molar-refractivity contribution in [2.45, 2.75) is 58.9 Å². The number of carbonyl (C=O) groups is 1. The van der Waals surface area contributed by atoms with E-state index in [9.17, 15) is 4.79 Å². The Kier molecular flexibility index (Phi) is 3.66. The lowest BCUT2D eigenvalue weighted by Gasteiger charge is -2.29. The summed E-state index contributed by atoms with van der Waals surface area (Å²) in [7, 11) is 0. The monoisotopic (exact) mass is 325 g/mol. The average Bonchev–Trinajstić information content (AvgIpc) is 3.08. The van der Waals surface area contributed by atoms with E-state index in [1.165, 1.54) is 32.1 Å². The van der Waals surface area contributed by atoms with Crippen LogP contribution in [0.4, 0.5) is 5.69 Å². The summed E-state index contributed by atoms with van der Waals surface area (Å²) >= 11 is 0. The topological polar surface area (TPSA) is 46.9 Å². The summed E-state index contributed by atoms with van der Waals surface area (Å²) in [6.07, 6.45) is 8.69. The first-order valence-corrected chi connectivity index (χ1v) is 9.19. The summed E-state index contributed by atoms with van der Waals surface area (Å²) in [6.45, 7) is 5.78. The molecule has 128 valence electrons. The molecule has 2 aliphatic rings. The summed E-state index contributed by atoms with van der Waals surface area (Å²) < 4.78 is 1.54. The smallest absolute Gasteiger partial charge is 0.252 e. The Morgan fingerprint density at radius 1 is 1.17 bits per heavy atom. The van der Waals surface area contributed by atoms with E-state index in [0.29, 0.717) is 6.04 Å². The Balaban J connectivity index is 1.55. The number of benzene rings is 1. The Morgan fingerprint density at radius 2 is 1.88 bits per heavy atom. The van der Waals surface area contributed by atoms with Crippen LogP contribution in [0.2, 0.25) is 0 Å². The fourth-order valence-corrected chi connectivity index (χ4v) is 4.46. The van der Waals surface area contributed by atoms with E-state index < -0.39 is 5.41 Å². The molecule has 2 fully saturated rings. The highest BCUT2D eigenvalue weighted by Gasteiger charge is 2.34. The van der Waals surface area contributed by atoms with Crippen LogP contribution in [0, 0.1) is 17.3 Å². The molecule has 1 aromatic heterocycles. The van der Waals surface area contributed by atoms with Gasteiger partial charge in [-0.15, -0.1) is 0 Å². The van der Waals surface area contributed by atoms with Crippen LogP contribution in [-0.2, 0) is 0 Å². The Hall–Kier alpha value is -1.84. The number of hydrogen-bond acceptors (Lipinski definition) is 3. The van der Waals surface area contributed by atoms with E-state index >= 15 is 0 Å².